The first-order valence-corrected chi connectivity index (χ1v) is 4.74. The van der Waals surface area contributed by atoms with Crippen LogP contribution in [0.1, 0.15) is 33.1 Å². The van der Waals surface area contributed by atoms with Gasteiger partial charge < -0.3 is 10.5 Å². The molecule has 0 aromatic carbocycles. The molecule has 0 aliphatic heterocycles. The fraction of sp³-hybridized carbons (Fsp3) is 0.900. The Morgan fingerprint density at radius 2 is 2.15 bits per heavy atom. The van der Waals surface area contributed by atoms with Crippen LogP contribution in [0.15, 0.2) is 0 Å². The van der Waals surface area contributed by atoms with E-state index in [1.165, 1.54) is 20.0 Å². The molecule has 13 heavy (non-hydrogen) atoms. The third kappa shape index (κ3) is 1.85. The molecule has 1 atom stereocenters. The van der Waals surface area contributed by atoms with Crippen LogP contribution >= 0.6 is 0 Å². The number of hydrogen-bond donors (Lipinski definition) is 1. The van der Waals surface area contributed by atoms with Gasteiger partial charge in [0, 0.05) is 0 Å². The Kier molecular flexibility index (Phi) is 2.66. The monoisotopic (exact) mass is 185 g/mol. The zero-order chi connectivity index (χ0) is 10.1. The van der Waals surface area contributed by atoms with E-state index in [-0.39, 0.29) is 16.8 Å². The number of methoxy groups -OCH3 is 1. The van der Waals surface area contributed by atoms with Crippen molar-refractivity contribution in [2.75, 3.05) is 13.7 Å². The highest BCUT2D eigenvalue weighted by atomic mass is 16.5. The Labute approximate surface area is 79.6 Å². The Balaban J connectivity index is 2.64. The number of esters is 1. The van der Waals surface area contributed by atoms with E-state index in [2.05, 4.69) is 18.6 Å². The topological polar surface area (TPSA) is 52.3 Å². The number of carbonyl (C=O) groups is 1. The fourth-order valence-corrected chi connectivity index (χ4v) is 1.71. The maximum absolute atomic E-state index is 11.2. The first kappa shape index (κ1) is 10.5. The van der Waals surface area contributed by atoms with E-state index in [0.29, 0.717) is 13.0 Å². The summed E-state index contributed by atoms with van der Waals surface area (Å²) in [6, 6.07) is 0. The van der Waals surface area contributed by atoms with Crippen LogP contribution in [0.5, 0.6) is 0 Å². The Hall–Kier alpha value is -0.570. The van der Waals surface area contributed by atoms with E-state index in [1.54, 1.807) is 0 Å². The Morgan fingerprint density at radius 3 is 2.46 bits per heavy atom. The van der Waals surface area contributed by atoms with Crippen LogP contribution in [-0.4, -0.2) is 19.6 Å². The predicted molar refractivity (Wildman–Crippen MR) is 51.1 cm³/mol. The van der Waals surface area contributed by atoms with E-state index in [9.17, 15) is 4.79 Å². The second kappa shape index (κ2) is 3.29. The van der Waals surface area contributed by atoms with E-state index >= 15 is 0 Å². The summed E-state index contributed by atoms with van der Waals surface area (Å²) in [5.74, 6) is -0.152. The molecule has 0 aromatic rings. The molecule has 1 saturated carbocycles. The van der Waals surface area contributed by atoms with Gasteiger partial charge in [0.1, 0.15) is 0 Å². The van der Waals surface area contributed by atoms with Crippen LogP contribution in [0.3, 0.4) is 0 Å². The molecule has 0 spiro atoms. The molecule has 1 rings (SSSR count). The lowest BCUT2D eigenvalue weighted by Crippen LogP contribution is -2.37. The molecule has 0 saturated heterocycles. The highest BCUT2D eigenvalue weighted by molar-refractivity contribution is 5.70. The highest BCUT2D eigenvalue weighted by Gasteiger charge is 2.52. The van der Waals surface area contributed by atoms with Gasteiger partial charge in [0.05, 0.1) is 13.5 Å². The predicted octanol–water partition coefficient (Wildman–Crippen LogP) is 1.31. The maximum Gasteiger partial charge on any atom is 0.306 e. The SMILES string of the molecule is COC(=O)CC(C)(CN)C1(C)CC1. The lowest BCUT2D eigenvalue weighted by Gasteiger charge is -2.33. The van der Waals surface area contributed by atoms with Gasteiger partial charge in [-0.25, -0.2) is 0 Å². The highest BCUT2D eigenvalue weighted by Crippen LogP contribution is 2.59. The standard InChI is InChI=1S/C10H19NO2/c1-9(4-5-9)10(2,7-11)6-8(12)13-3/h4-7,11H2,1-3H3. The normalized spacial score (nSPS) is 23.4. The van der Waals surface area contributed by atoms with Crippen molar-refractivity contribution in [3.8, 4) is 0 Å². The first-order valence-electron chi connectivity index (χ1n) is 4.74. The van der Waals surface area contributed by atoms with Gasteiger partial charge in [0.15, 0.2) is 0 Å². The quantitative estimate of drug-likeness (QED) is 0.672. The third-order valence-corrected chi connectivity index (χ3v) is 3.67. The molecule has 3 nitrogen and oxygen atoms in total. The first-order chi connectivity index (χ1) is 5.97. The van der Waals surface area contributed by atoms with Gasteiger partial charge in [-0.3, -0.25) is 4.79 Å². The van der Waals surface area contributed by atoms with E-state index in [4.69, 9.17) is 5.73 Å². The van der Waals surface area contributed by atoms with E-state index in [1.807, 2.05) is 0 Å². The average molecular weight is 185 g/mol. The lowest BCUT2D eigenvalue weighted by atomic mass is 9.73. The van der Waals surface area contributed by atoms with Gasteiger partial charge in [-0.05, 0) is 30.2 Å². The van der Waals surface area contributed by atoms with Crippen molar-refractivity contribution in [1.82, 2.24) is 0 Å². The summed E-state index contributed by atoms with van der Waals surface area (Å²) in [4.78, 5) is 11.2. The van der Waals surface area contributed by atoms with Crippen molar-refractivity contribution < 1.29 is 9.53 Å². The lowest BCUT2D eigenvalue weighted by molar-refractivity contribution is -0.144. The summed E-state index contributed by atoms with van der Waals surface area (Å²) >= 11 is 0. The van der Waals surface area contributed by atoms with Crippen LogP contribution in [0.4, 0.5) is 0 Å². The van der Waals surface area contributed by atoms with Crippen LogP contribution < -0.4 is 5.73 Å². The Morgan fingerprint density at radius 1 is 1.62 bits per heavy atom. The number of rotatable bonds is 4. The third-order valence-electron chi connectivity index (χ3n) is 3.67. The number of ether oxygens (including phenoxy) is 1. The van der Waals surface area contributed by atoms with Gasteiger partial charge in [-0.15, -0.1) is 0 Å². The smallest absolute Gasteiger partial charge is 0.306 e. The molecular weight excluding hydrogens is 166 g/mol. The number of carbonyl (C=O) groups excluding carboxylic acids is 1. The van der Waals surface area contributed by atoms with E-state index < -0.39 is 0 Å². The molecule has 1 fully saturated rings. The molecule has 2 N–H and O–H groups in total. The molecule has 0 heterocycles. The molecule has 0 aromatic heterocycles. The number of nitrogens with two attached hydrogens (primary N) is 1. The summed E-state index contributed by atoms with van der Waals surface area (Å²) < 4.78 is 4.68. The number of hydrogen-bond acceptors (Lipinski definition) is 3. The van der Waals surface area contributed by atoms with Gasteiger partial charge in [0.2, 0.25) is 0 Å². The van der Waals surface area contributed by atoms with Crippen molar-refractivity contribution in [2.24, 2.45) is 16.6 Å². The van der Waals surface area contributed by atoms with E-state index in [0.717, 1.165) is 0 Å². The minimum absolute atomic E-state index is 0.0832. The van der Waals surface area contributed by atoms with Crippen molar-refractivity contribution in [3.05, 3.63) is 0 Å². The van der Waals surface area contributed by atoms with Crippen LogP contribution in [0.2, 0.25) is 0 Å². The summed E-state index contributed by atoms with van der Waals surface area (Å²) in [6.07, 6.45) is 2.80. The van der Waals surface area contributed by atoms with Crippen molar-refractivity contribution in [1.29, 1.82) is 0 Å². The average Bonchev–Trinajstić information content (AvgIpc) is 2.84. The van der Waals surface area contributed by atoms with Crippen LogP contribution in [0.25, 0.3) is 0 Å². The maximum atomic E-state index is 11.2. The minimum atomic E-state index is -0.152. The van der Waals surface area contributed by atoms with Crippen molar-refractivity contribution >= 4 is 5.97 Å². The van der Waals surface area contributed by atoms with Crippen LogP contribution in [0, 0.1) is 10.8 Å². The fourth-order valence-electron chi connectivity index (χ4n) is 1.71. The summed E-state index contributed by atoms with van der Waals surface area (Å²) in [5, 5.41) is 0. The summed E-state index contributed by atoms with van der Waals surface area (Å²) in [5.41, 5.74) is 5.91. The molecule has 1 unspecified atom stereocenters. The van der Waals surface area contributed by atoms with Crippen molar-refractivity contribution in [2.45, 2.75) is 33.1 Å². The van der Waals surface area contributed by atoms with Gasteiger partial charge in [-0.1, -0.05) is 13.8 Å². The molecule has 0 bridgehead atoms. The molecule has 1 aliphatic rings. The summed E-state index contributed by atoms with van der Waals surface area (Å²) in [6.45, 7) is 4.83. The molecule has 3 heteroatoms. The van der Waals surface area contributed by atoms with Gasteiger partial charge in [-0.2, -0.15) is 0 Å². The molecule has 76 valence electrons. The zero-order valence-corrected chi connectivity index (χ0v) is 8.72. The molecule has 1 aliphatic carbocycles. The van der Waals surface area contributed by atoms with Crippen molar-refractivity contribution in [3.63, 3.8) is 0 Å². The molecular formula is C10H19NO2. The Bertz CT molecular complexity index is 211. The van der Waals surface area contributed by atoms with Gasteiger partial charge in [0.25, 0.3) is 0 Å². The summed E-state index contributed by atoms with van der Waals surface area (Å²) in [7, 11) is 1.43. The largest absolute Gasteiger partial charge is 0.469 e. The van der Waals surface area contributed by atoms with Gasteiger partial charge >= 0.3 is 5.97 Å². The minimum Gasteiger partial charge on any atom is -0.469 e. The second-order valence-electron chi connectivity index (χ2n) is 4.58. The zero-order valence-electron chi connectivity index (χ0n) is 8.72. The van der Waals surface area contributed by atoms with Crippen LogP contribution in [-0.2, 0) is 9.53 Å². The second-order valence-corrected chi connectivity index (χ2v) is 4.58. The molecule has 0 amide bonds. The molecule has 0 radical (unpaired) electrons.